The topological polar surface area (TPSA) is 74.2 Å². The molecule has 0 aromatic carbocycles. The number of carbonyl (C=O) groups excluding carboxylic acids is 1. The number of aliphatic imine (C=N–C) groups is 1. The maximum absolute atomic E-state index is 13.0. The molecule has 0 radical (unpaired) electrons. The number of amides is 1. The molecule has 2 aromatic rings. The van der Waals surface area contributed by atoms with E-state index in [-0.39, 0.29) is 11.9 Å². The van der Waals surface area contributed by atoms with Gasteiger partial charge >= 0.3 is 0 Å². The Balaban J connectivity index is 1.99. The van der Waals surface area contributed by atoms with Crippen molar-refractivity contribution in [3.63, 3.8) is 0 Å². The van der Waals surface area contributed by atoms with E-state index < -0.39 is 0 Å². The maximum atomic E-state index is 13.0. The van der Waals surface area contributed by atoms with Crippen LogP contribution in [-0.4, -0.2) is 51.3 Å². The van der Waals surface area contributed by atoms with Gasteiger partial charge in [0.15, 0.2) is 5.65 Å². The second-order valence-electron chi connectivity index (χ2n) is 5.73. The zero-order chi connectivity index (χ0) is 15.7. The number of hydrogen-bond donors (Lipinski definition) is 1. The van der Waals surface area contributed by atoms with Gasteiger partial charge in [-0.3, -0.25) is 14.9 Å². The van der Waals surface area contributed by atoms with E-state index in [9.17, 15) is 4.79 Å². The monoisotopic (exact) mass is 299 g/mol. The average molecular weight is 299 g/mol. The number of H-pyrrole nitrogens is 1. The largest absolute Gasteiger partial charge is 0.335 e. The van der Waals surface area contributed by atoms with E-state index in [1.54, 1.807) is 19.3 Å². The number of carbonyl (C=O) groups is 1. The fraction of sp³-hybridized carbons (Fsp3) is 0.500. The lowest BCUT2D eigenvalue weighted by atomic mass is 10.0. The summed E-state index contributed by atoms with van der Waals surface area (Å²) in [5.74, 6) is 0.0725. The Hall–Kier alpha value is -2.24. The minimum atomic E-state index is 0.0725. The third kappa shape index (κ3) is 2.38. The Morgan fingerprint density at radius 1 is 1.55 bits per heavy atom. The van der Waals surface area contributed by atoms with E-state index in [2.05, 4.69) is 27.1 Å². The van der Waals surface area contributed by atoms with Gasteiger partial charge in [-0.1, -0.05) is 6.92 Å². The highest BCUT2D eigenvalue weighted by Gasteiger charge is 2.29. The van der Waals surface area contributed by atoms with Crippen LogP contribution in [0.5, 0.6) is 0 Å². The van der Waals surface area contributed by atoms with Crippen LogP contribution >= 0.6 is 0 Å². The number of nitrogens with zero attached hydrogens (tertiary/aromatic N) is 4. The minimum Gasteiger partial charge on any atom is -0.335 e. The molecule has 0 saturated heterocycles. The van der Waals surface area contributed by atoms with Crippen LogP contribution in [0.4, 0.5) is 0 Å². The van der Waals surface area contributed by atoms with Crippen LogP contribution in [-0.2, 0) is 6.42 Å². The van der Waals surface area contributed by atoms with Gasteiger partial charge in [-0.25, -0.2) is 4.98 Å². The molecule has 2 aromatic heterocycles. The van der Waals surface area contributed by atoms with Crippen molar-refractivity contribution in [3.05, 3.63) is 23.5 Å². The van der Waals surface area contributed by atoms with Crippen molar-refractivity contribution in [1.82, 2.24) is 20.1 Å². The van der Waals surface area contributed by atoms with E-state index in [0.29, 0.717) is 17.8 Å². The van der Waals surface area contributed by atoms with Crippen molar-refractivity contribution in [2.75, 3.05) is 13.6 Å². The molecule has 6 heteroatoms. The summed E-state index contributed by atoms with van der Waals surface area (Å²) in [5, 5.41) is 8.12. The molecular formula is C16H21N5O. The van der Waals surface area contributed by atoms with Crippen LogP contribution in [0.25, 0.3) is 11.0 Å². The van der Waals surface area contributed by atoms with Crippen LogP contribution in [0.2, 0.25) is 0 Å². The maximum Gasteiger partial charge on any atom is 0.254 e. The molecule has 1 unspecified atom stereocenters. The van der Waals surface area contributed by atoms with E-state index in [1.165, 1.54) is 0 Å². The molecular weight excluding hydrogens is 278 g/mol. The number of pyridine rings is 1. The predicted octanol–water partition coefficient (Wildman–Crippen LogP) is 2.22. The molecule has 116 valence electrons. The van der Waals surface area contributed by atoms with Crippen LogP contribution in [0.1, 0.15) is 42.7 Å². The standard InChI is InChI=1S/C16H21N5O/c1-4-11(9-10(2)17-3)21-8-6-13-14-12(16(21)22)5-7-18-15(14)20-19-13/h5,7,11H,4,6,8-9H2,1-3H3,(H,18,19,20)/b17-10+. The third-order valence-electron chi connectivity index (χ3n) is 4.44. The Bertz CT molecular complexity index is 733. The van der Waals surface area contributed by atoms with E-state index in [0.717, 1.165) is 36.1 Å². The molecule has 1 aliphatic heterocycles. The van der Waals surface area contributed by atoms with E-state index in [1.807, 2.05) is 11.8 Å². The summed E-state index contributed by atoms with van der Waals surface area (Å²) in [4.78, 5) is 23.5. The van der Waals surface area contributed by atoms with Crippen molar-refractivity contribution in [2.45, 2.75) is 39.2 Å². The van der Waals surface area contributed by atoms with Crippen molar-refractivity contribution in [3.8, 4) is 0 Å². The normalized spacial score (nSPS) is 17.0. The first-order valence-corrected chi connectivity index (χ1v) is 7.70. The quantitative estimate of drug-likeness (QED) is 0.880. The molecule has 1 amide bonds. The second-order valence-corrected chi connectivity index (χ2v) is 5.73. The van der Waals surface area contributed by atoms with E-state index in [4.69, 9.17) is 0 Å². The van der Waals surface area contributed by atoms with Crippen molar-refractivity contribution < 1.29 is 4.79 Å². The first kappa shape index (κ1) is 14.7. The molecule has 3 rings (SSSR count). The molecule has 0 spiro atoms. The fourth-order valence-electron chi connectivity index (χ4n) is 3.11. The van der Waals surface area contributed by atoms with Crippen molar-refractivity contribution in [2.24, 2.45) is 4.99 Å². The number of aromatic nitrogens is 3. The summed E-state index contributed by atoms with van der Waals surface area (Å²) in [7, 11) is 1.80. The van der Waals surface area contributed by atoms with Crippen molar-refractivity contribution in [1.29, 1.82) is 0 Å². The Morgan fingerprint density at radius 2 is 2.36 bits per heavy atom. The number of aromatic amines is 1. The molecule has 22 heavy (non-hydrogen) atoms. The molecule has 1 aliphatic rings. The highest BCUT2D eigenvalue weighted by Crippen LogP contribution is 2.26. The molecule has 1 N–H and O–H groups in total. The molecule has 1 atom stereocenters. The molecule has 0 bridgehead atoms. The van der Waals surface area contributed by atoms with Gasteiger partial charge in [0.1, 0.15) is 0 Å². The lowest BCUT2D eigenvalue weighted by Gasteiger charge is -2.30. The van der Waals surface area contributed by atoms with Crippen LogP contribution in [0, 0.1) is 0 Å². The minimum absolute atomic E-state index is 0.0725. The van der Waals surface area contributed by atoms with Gasteiger partial charge in [0.25, 0.3) is 5.91 Å². The first-order chi connectivity index (χ1) is 10.7. The lowest BCUT2D eigenvalue weighted by Crippen LogP contribution is -2.41. The summed E-state index contributed by atoms with van der Waals surface area (Å²) in [6.45, 7) is 4.82. The van der Waals surface area contributed by atoms with Gasteiger partial charge in [0, 0.05) is 44.4 Å². The first-order valence-electron chi connectivity index (χ1n) is 7.70. The summed E-state index contributed by atoms with van der Waals surface area (Å²) in [6.07, 6.45) is 4.15. The Labute approximate surface area is 129 Å². The van der Waals surface area contributed by atoms with Crippen LogP contribution in [0.3, 0.4) is 0 Å². The molecule has 0 aliphatic carbocycles. The smallest absolute Gasteiger partial charge is 0.254 e. The van der Waals surface area contributed by atoms with Gasteiger partial charge < -0.3 is 4.90 Å². The fourth-order valence-corrected chi connectivity index (χ4v) is 3.11. The summed E-state index contributed by atoms with van der Waals surface area (Å²) >= 11 is 0. The summed E-state index contributed by atoms with van der Waals surface area (Å²) in [6, 6.07) is 1.97. The Morgan fingerprint density at radius 3 is 3.09 bits per heavy atom. The van der Waals surface area contributed by atoms with Gasteiger partial charge in [0.2, 0.25) is 0 Å². The SMILES string of the molecule is CCC(C/C(C)=N/C)N1CCc2n[nH]c3nccc(c23)C1=O. The number of rotatable bonds is 4. The summed E-state index contributed by atoms with van der Waals surface area (Å²) < 4.78 is 0. The zero-order valence-corrected chi connectivity index (χ0v) is 13.3. The van der Waals surface area contributed by atoms with Crippen molar-refractivity contribution >= 4 is 22.7 Å². The number of nitrogens with one attached hydrogen (secondary N) is 1. The summed E-state index contributed by atoms with van der Waals surface area (Å²) in [5.41, 5.74) is 3.41. The van der Waals surface area contributed by atoms with Gasteiger partial charge in [-0.2, -0.15) is 5.10 Å². The van der Waals surface area contributed by atoms with Gasteiger partial charge in [-0.05, 0) is 19.4 Å². The predicted molar refractivity (Wildman–Crippen MR) is 86.4 cm³/mol. The molecule has 0 saturated carbocycles. The Kier molecular flexibility index (Phi) is 3.92. The van der Waals surface area contributed by atoms with Gasteiger partial charge in [-0.15, -0.1) is 0 Å². The zero-order valence-electron chi connectivity index (χ0n) is 13.3. The average Bonchev–Trinajstić information content (AvgIpc) is 2.90. The lowest BCUT2D eigenvalue weighted by molar-refractivity contribution is 0.0686. The highest BCUT2D eigenvalue weighted by atomic mass is 16.2. The molecule has 6 nitrogen and oxygen atoms in total. The molecule has 3 heterocycles. The van der Waals surface area contributed by atoms with E-state index >= 15 is 0 Å². The van der Waals surface area contributed by atoms with Crippen LogP contribution < -0.4 is 0 Å². The van der Waals surface area contributed by atoms with Crippen LogP contribution in [0.15, 0.2) is 17.3 Å². The third-order valence-corrected chi connectivity index (χ3v) is 4.44. The van der Waals surface area contributed by atoms with Gasteiger partial charge in [0.05, 0.1) is 16.6 Å². The molecule has 0 fully saturated rings. The second kappa shape index (κ2) is 5.87. The number of hydrogen-bond acceptors (Lipinski definition) is 4. The highest BCUT2D eigenvalue weighted by molar-refractivity contribution is 6.07.